The van der Waals surface area contributed by atoms with Gasteiger partial charge in [-0.2, -0.15) is 5.10 Å². The quantitative estimate of drug-likeness (QED) is 0.805. The van der Waals surface area contributed by atoms with Crippen molar-refractivity contribution < 1.29 is 9.53 Å². The van der Waals surface area contributed by atoms with E-state index in [9.17, 15) is 4.79 Å². The van der Waals surface area contributed by atoms with Crippen molar-refractivity contribution in [3.05, 3.63) is 40.7 Å². The van der Waals surface area contributed by atoms with Crippen LogP contribution in [-0.2, 0) is 12.8 Å². The Hall–Kier alpha value is -2.34. The number of carbonyl (C=O) groups excluding carboxylic acids is 1. The summed E-state index contributed by atoms with van der Waals surface area (Å²) in [7, 11) is 0. The summed E-state index contributed by atoms with van der Waals surface area (Å²) in [5, 5.41) is 9.83. The summed E-state index contributed by atoms with van der Waals surface area (Å²) in [6.45, 7) is 4.41. The van der Waals surface area contributed by atoms with Crippen LogP contribution in [-0.4, -0.2) is 28.8 Å². The molecule has 116 valence electrons. The number of aromatic nitrogens is 2. The van der Waals surface area contributed by atoms with E-state index in [1.54, 1.807) is 0 Å². The molecule has 0 unspecified atom stereocenters. The van der Waals surface area contributed by atoms with E-state index in [0.717, 1.165) is 35.4 Å². The van der Waals surface area contributed by atoms with Crippen LogP contribution >= 0.6 is 0 Å². The molecule has 1 amide bonds. The minimum Gasteiger partial charge on any atom is -0.492 e. The molecule has 6 nitrogen and oxygen atoms in total. The van der Waals surface area contributed by atoms with Crippen molar-refractivity contribution in [2.45, 2.75) is 32.7 Å². The highest BCUT2D eigenvalue weighted by atomic mass is 16.5. The number of amides is 1. The summed E-state index contributed by atoms with van der Waals surface area (Å²) in [6, 6.07) is 5.69. The third-order valence-corrected chi connectivity index (χ3v) is 3.93. The van der Waals surface area contributed by atoms with Gasteiger partial charge in [0.1, 0.15) is 18.1 Å². The highest BCUT2D eigenvalue weighted by Gasteiger charge is 2.19. The van der Waals surface area contributed by atoms with Crippen LogP contribution < -0.4 is 15.8 Å². The van der Waals surface area contributed by atoms with Crippen LogP contribution in [0, 0.1) is 6.92 Å². The first-order chi connectivity index (χ1) is 10.6. The lowest BCUT2D eigenvalue weighted by Gasteiger charge is -2.22. The second kappa shape index (κ2) is 5.81. The van der Waals surface area contributed by atoms with Crippen LogP contribution in [0.15, 0.2) is 18.2 Å². The van der Waals surface area contributed by atoms with Crippen molar-refractivity contribution >= 4 is 11.6 Å². The van der Waals surface area contributed by atoms with Crippen LogP contribution in [0.1, 0.15) is 34.2 Å². The van der Waals surface area contributed by atoms with Crippen molar-refractivity contribution in [1.82, 2.24) is 10.2 Å². The van der Waals surface area contributed by atoms with Crippen molar-refractivity contribution in [3.63, 3.8) is 0 Å². The normalized spacial score (nSPS) is 16.8. The molecule has 0 bridgehead atoms. The van der Waals surface area contributed by atoms with E-state index in [2.05, 4.69) is 15.5 Å². The summed E-state index contributed by atoms with van der Waals surface area (Å²) >= 11 is 0. The van der Waals surface area contributed by atoms with Gasteiger partial charge in [0.2, 0.25) is 0 Å². The molecule has 6 heteroatoms. The van der Waals surface area contributed by atoms with Crippen LogP contribution in [0.4, 0.5) is 5.69 Å². The van der Waals surface area contributed by atoms with Crippen LogP contribution in [0.5, 0.6) is 5.75 Å². The number of benzene rings is 1. The molecule has 1 aliphatic rings. The number of nitrogens with one attached hydrogen (secondary N) is 2. The molecule has 1 aromatic carbocycles. The molecule has 1 atom stereocenters. The fourth-order valence-electron chi connectivity index (χ4n) is 2.67. The number of ether oxygens (including phenoxy) is 1. The van der Waals surface area contributed by atoms with E-state index in [0.29, 0.717) is 18.0 Å². The Morgan fingerprint density at radius 2 is 2.36 bits per heavy atom. The maximum Gasteiger partial charge on any atom is 0.273 e. The highest BCUT2D eigenvalue weighted by Crippen LogP contribution is 2.28. The maximum absolute atomic E-state index is 12.3. The van der Waals surface area contributed by atoms with Crippen LogP contribution in [0.3, 0.4) is 0 Å². The van der Waals surface area contributed by atoms with E-state index in [-0.39, 0.29) is 11.9 Å². The minimum absolute atomic E-state index is 0.0352. The largest absolute Gasteiger partial charge is 0.492 e. The molecular formula is C16H20N4O2. The summed E-state index contributed by atoms with van der Waals surface area (Å²) in [5.41, 5.74) is 9.94. The Morgan fingerprint density at radius 1 is 1.55 bits per heavy atom. The highest BCUT2D eigenvalue weighted by molar-refractivity contribution is 6.04. The lowest BCUT2D eigenvalue weighted by atomic mass is 10.0. The predicted molar refractivity (Wildman–Crippen MR) is 84.3 cm³/mol. The maximum atomic E-state index is 12.3. The van der Waals surface area contributed by atoms with Crippen molar-refractivity contribution in [3.8, 4) is 5.75 Å². The van der Waals surface area contributed by atoms with E-state index < -0.39 is 0 Å². The van der Waals surface area contributed by atoms with Gasteiger partial charge in [-0.25, -0.2) is 0 Å². The van der Waals surface area contributed by atoms with Crippen molar-refractivity contribution in [2.75, 3.05) is 11.9 Å². The molecule has 3 rings (SSSR count). The number of anilines is 1. The Kier molecular flexibility index (Phi) is 3.85. The first-order valence-corrected chi connectivity index (χ1v) is 7.45. The standard InChI is InChI=1S/C16H20N4O2/c1-3-13-9(2)15(20-19-13)16(21)18-12-5-4-10-6-11(17)8-22-14(10)7-12/h4-5,7,11H,3,6,8,17H2,1-2H3,(H,18,21)(H,19,20)/t11-/m1/s1. The third kappa shape index (κ3) is 2.69. The monoisotopic (exact) mass is 300 g/mol. The zero-order valence-electron chi connectivity index (χ0n) is 12.8. The first-order valence-electron chi connectivity index (χ1n) is 7.45. The number of hydrogen-bond acceptors (Lipinski definition) is 4. The van der Waals surface area contributed by atoms with Gasteiger partial charge in [0, 0.05) is 23.4 Å². The molecule has 2 aromatic rings. The predicted octanol–water partition coefficient (Wildman–Crippen LogP) is 1.80. The Labute approximate surface area is 129 Å². The van der Waals surface area contributed by atoms with Gasteiger partial charge < -0.3 is 15.8 Å². The first kappa shape index (κ1) is 14.6. The number of aromatic amines is 1. The number of fused-ring (bicyclic) bond motifs is 1. The van der Waals surface area contributed by atoms with Gasteiger partial charge >= 0.3 is 0 Å². The SMILES string of the molecule is CCc1n[nH]c(C(=O)Nc2ccc3c(c2)OC[C@H](N)C3)c1C. The van der Waals surface area contributed by atoms with Gasteiger partial charge in [-0.1, -0.05) is 13.0 Å². The van der Waals surface area contributed by atoms with E-state index in [1.807, 2.05) is 32.0 Å². The van der Waals surface area contributed by atoms with Crippen LogP contribution in [0.25, 0.3) is 0 Å². The summed E-state index contributed by atoms with van der Waals surface area (Å²) in [4.78, 5) is 12.3. The molecule has 0 saturated carbocycles. The average molecular weight is 300 g/mol. The molecule has 0 fully saturated rings. The zero-order valence-corrected chi connectivity index (χ0v) is 12.8. The van der Waals surface area contributed by atoms with Crippen molar-refractivity contribution in [2.24, 2.45) is 5.73 Å². The molecule has 22 heavy (non-hydrogen) atoms. The summed E-state index contributed by atoms with van der Waals surface area (Å²) in [5.74, 6) is 0.590. The Balaban J connectivity index is 1.78. The van der Waals surface area contributed by atoms with E-state index in [1.165, 1.54) is 0 Å². The molecule has 2 heterocycles. The Bertz CT molecular complexity index is 708. The average Bonchev–Trinajstić information content (AvgIpc) is 2.88. The van der Waals surface area contributed by atoms with Gasteiger partial charge in [-0.05, 0) is 31.4 Å². The number of carbonyl (C=O) groups is 1. The number of aryl methyl sites for hydroxylation is 1. The number of H-pyrrole nitrogens is 1. The van der Waals surface area contributed by atoms with Gasteiger partial charge in [0.05, 0.1) is 5.69 Å². The summed E-state index contributed by atoms with van der Waals surface area (Å²) in [6.07, 6.45) is 1.59. The zero-order chi connectivity index (χ0) is 15.7. The number of nitrogens with two attached hydrogens (primary N) is 1. The fourth-order valence-corrected chi connectivity index (χ4v) is 2.67. The van der Waals surface area contributed by atoms with E-state index in [4.69, 9.17) is 10.5 Å². The minimum atomic E-state index is -0.197. The molecule has 1 aliphatic heterocycles. The molecule has 1 aromatic heterocycles. The van der Waals surface area contributed by atoms with Gasteiger partial charge in [0.15, 0.2) is 0 Å². The van der Waals surface area contributed by atoms with Gasteiger partial charge in [0.25, 0.3) is 5.91 Å². The lowest BCUT2D eigenvalue weighted by Crippen LogP contribution is -2.33. The third-order valence-electron chi connectivity index (χ3n) is 3.93. The molecule has 4 N–H and O–H groups in total. The second-order valence-corrected chi connectivity index (χ2v) is 5.58. The van der Waals surface area contributed by atoms with Gasteiger partial charge in [-0.15, -0.1) is 0 Å². The fraction of sp³-hybridized carbons (Fsp3) is 0.375. The Morgan fingerprint density at radius 3 is 3.09 bits per heavy atom. The van der Waals surface area contributed by atoms with Crippen LogP contribution in [0.2, 0.25) is 0 Å². The number of hydrogen-bond donors (Lipinski definition) is 3. The molecule has 0 radical (unpaired) electrons. The number of nitrogens with zero attached hydrogens (tertiary/aromatic N) is 1. The van der Waals surface area contributed by atoms with E-state index >= 15 is 0 Å². The van der Waals surface area contributed by atoms with Gasteiger partial charge in [-0.3, -0.25) is 9.89 Å². The number of rotatable bonds is 3. The summed E-state index contributed by atoms with van der Waals surface area (Å²) < 4.78 is 5.61. The second-order valence-electron chi connectivity index (χ2n) is 5.58. The molecular weight excluding hydrogens is 280 g/mol. The molecule has 0 saturated heterocycles. The van der Waals surface area contributed by atoms with Crippen molar-refractivity contribution in [1.29, 1.82) is 0 Å². The smallest absolute Gasteiger partial charge is 0.273 e. The topological polar surface area (TPSA) is 93.0 Å². The lowest BCUT2D eigenvalue weighted by molar-refractivity contribution is 0.102. The molecule has 0 aliphatic carbocycles. The molecule has 0 spiro atoms.